The van der Waals surface area contributed by atoms with E-state index in [4.69, 9.17) is 28.2 Å². The molecular formula is C27H23Cl2N7O. The number of aryl methyl sites for hydroxylation is 1. The molecule has 3 aromatic heterocycles. The summed E-state index contributed by atoms with van der Waals surface area (Å²) >= 11 is 12.7. The van der Waals surface area contributed by atoms with Crippen molar-refractivity contribution in [1.82, 2.24) is 25.2 Å². The minimum atomic E-state index is -0.0802. The van der Waals surface area contributed by atoms with E-state index in [-0.39, 0.29) is 5.92 Å². The molecule has 4 aromatic rings. The minimum absolute atomic E-state index is 0.0802. The summed E-state index contributed by atoms with van der Waals surface area (Å²) in [6.45, 7) is 1.91. The van der Waals surface area contributed by atoms with Gasteiger partial charge in [0.2, 0.25) is 5.69 Å². The first-order valence-electron chi connectivity index (χ1n) is 12.1. The topological polar surface area (TPSA) is 95.8 Å². The number of benzene rings is 1. The van der Waals surface area contributed by atoms with Crippen molar-refractivity contribution < 1.29 is 4.73 Å². The van der Waals surface area contributed by atoms with Gasteiger partial charge in [-0.2, -0.15) is 9.41 Å². The van der Waals surface area contributed by atoms with Crippen molar-refractivity contribution in [2.45, 2.75) is 38.5 Å². The van der Waals surface area contributed by atoms with Crippen molar-refractivity contribution in [2.24, 2.45) is 10.9 Å². The molecule has 186 valence electrons. The first kappa shape index (κ1) is 23.8. The van der Waals surface area contributed by atoms with Crippen LogP contribution in [-0.2, 0) is 0 Å². The van der Waals surface area contributed by atoms with Crippen LogP contribution in [0.4, 0.5) is 0 Å². The van der Waals surface area contributed by atoms with Crippen molar-refractivity contribution in [3.05, 3.63) is 93.5 Å². The van der Waals surface area contributed by atoms with Gasteiger partial charge in [-0.25, -0.2) is 4.98 Å². The quantitative estimate of drug-likeness (QED) is 0.172. The summed E-state index contributed by atoms with van der Waals surface area (Å²) in [7, 11) is 0. The number of nitrogens with zero attached hydrogens (tertiary/aromatic N) is 7. The molecule has 0 spiro atoms. The van der Waals surface area contributed by atoms with Crippen molar-refractivity contribution in [3.63, 3.8) is 0 Å². The van der Waals surface area contributed by atoms with Gasteiger partial charge in [-0.1, -0.05) is 36.0 Å². The van der Waals surface area contributed by atoms with Gasteiger partial charge < -0.3 is 5.21 Å². The van der Waals surface area contributed by atoms with Crippen LogP contribution in [0.5, 0.6) is 0 Å². The van der Waals surface area contributed by atoms with E-state index in [0.717, 1.165) is 50.5 Å². The number of hydrogen-bond acceptors (Lipinski definition) is 6. The molecule has 0 radical (unpaired) electrons. The molecule has 1 unspecified atom stereocenters. The molecule has 6 rings (SSSR count). The molecule has 1 fully saturated rings. The molecule has 1 aliphatic heterocycles. The van der Waals surface area contributed by atoms with E-state index in [1.807, 2.05) is 49.5 Å². The molecule has 8 nitrogen and oxygen atoms in total. The van der Waals surface area contributed by atoms with E-state index in [0.29, 0.717) is 28.2 Å². The van der Waals surface area contributed by atoms with Crippen LogP contribution in [0.2, 0.25) is 10.2 Å². The molecule has 0 bridgehead atoms. The zero-order valence-corrected chi connectivity index (χ0v) is 21.6. The Labute approximate surface area is 223 Å². The van der Waals surface area contributed by atoms with E-state index < -0.39 is 0 Å². The third-order valence-corrected chi connectivity index (χ3v) is 7.45. The monoisotopic (exact) mass is 531 g/mol. The fourth-order valence-corrected chi connectivity index (χ4v) is 5.33. The number of halogens is 2. The number of aliphatic imine (C=N–C) groups is 1. The van der Waals surface area contributed by atoms with Gasteiger partial charge in [-0.3, -0.25) is 4.99 Å². The standard InChI is InChI=1S/C27H23Cl2N7O/c1-16-2-7-21(27(29)32-16)19-11-24(30-13-19)23(10-17-3-4-17)26-8-5-18(14-36(26)37)22-12-20(28)6-9-25(22)35-15-31-33-34-35/h2,5-9,12-15,17,23H,3-4,10-11H2,1H3. The van der Waals surface area contributed by atoms with E-state index >= 15 is 0 Å². The van der Waals surface area contributed by atoms with Gasteiger partial charge in [0.25, 0.3) is 0 Å². The van der Waals surface area contributed by atoms with Crippen LogP contribution in [0.1, 0.15) is 48.6 Å². The largest absolute Gasteiger partial charge is 0.618 e. The summed E-state index contributed by atoms with van der Waals surface area (Å²) in [5.41, 5.74) is 6.66. The smallest absolute Gasteiger partial charge is 0.201 e. The number of hydrogen-bond donors (Lipinski definition) is 0. The van der Waals surface area contributed by atoms with E-state index in [2.05, 4.69) is 20.5 Å². The van der Waals surface area contributed by atoms with Gasteiger partial charge in [0.1, 0.15) is 11.5 Å². The average molecular weight is 532 g/mol. The zero-order chi connectivity index (χ0) is 25.5. The number of rotatable bonds is 7. The van der Waals surface area contributed by atoms with E-state index in [9.17, 15) is 5.21 Å². The normalized spacial score (nSPS) is 16.0. The van der Waals surface area contributed by atoms with E-state index in [1.54, 1.807) is 16.9 Å². The van der Waals surface area contributed by atoms with Crippen LogP contribution in [0.25, 0.3) is 22.4 Å². The molecule has 1 saturated carbocycles. The first-order valence-corrected chi connectivity index (χ1v) is 12.9. The summed E-state index contributed by atoms with van der Waals surface area (Å²) in [5.74, 6) is 0.531. The number of aromatic nitrogens is 6. The molecule has 4 heterocycles. The number of pyridine rings is 2. The van der Waals surface area contributed by atoms with Gasteiger partial charge in [0.15, 0.2) is 6.20 Å². The van der Waals surface area contributed by atoms with Crippen molar-refractivity contribution in [3.8, 4) is 16.8 Å². The second kappa shape index (κ2) is 9.68. The van der Waals surface area contributed by atoms with Gasteiger partial charge in [-0.15, -0.1) is 5.10 Å². The molecule has 1 aromatic carbocycles. The fraction of sp³-hybridized carbons (Fsp3) is 0.259. The molecule has 0 saturated heterocycles. The predicted molar refractivity (Wildman–Crippen MR) is 143 cm³/mol. The molecule has 1 atom stereocenters. The Morgan fingerprint density at radius 2 is 1.97 bits per heavy atom. The maximum atomic E-state index is 13.5. The first-order chi connectivity index (χ1) is 18.0. The Hall–Kier alpha value is -3.62. The summed E-state index contributed by atoms with van der Waals surface area (Å²) < 4.78 is 2.52. The van der Waals surface area contributed by atoms with Gasteiger partial charge in [0, 0.05) is 51.8 Å². The number of allylic oxidation sites excluding steroid dienone is 1. The Kier molecular flexibility index (Phi) is 6.22. The SMILES string of the molecule is Cc1ccc(C2=CN=C(C(CC3CC3)c3ccc(-c4cc(Cl)ccc4-n4cnnn4)c[n+]3[O-])C2)c(Cl)n1. The second-order valence-electron chi connectivity index (χ2n) is 9.56. The number of tetrazole rings is 1. The molecular weight excluding hydrogens is 509 g/mol. The minimum Gasteiger partial charge on any atom is -0.618 e. The van der Waals surface area contributed by atoms with Crippen LogP contribution in [0, 0.1) is 18.0 Å². The van der Waals surface area contributed by atoms with Crippen LogP contribution in [-0.4, -0.2) is 30.9 Å². The van der Waals surface area contributed by atoms with Crippen molar-refractivity contribution >= 4 is 34.5 Å². The molecule has 10 heteroatoms. The Morgan fingerprint density at radius 3 is 2.70 bits per heavy atom. The second-order valence-corrected chi connectivity index (χ2v) is 10.4. The van der Waals surface area contributed by atoms with E-state index in [1.165, 1.54) is 19.2 Å². The van der Waals surface area contributed by atoms with Crippen LogP contribution in [0.3, 0.4) is 0 Å². The maximum absolute atomic E-state index is 13.5. The van der Waals surface area contributed by atoms with Crippen molar-refractivity contribution in [1.29, 1.82) is 0 Å². The van der Waals surface area contributed by atoms with Crippen LogP contribution >= 0.6 is 23.2 Å². The summed E-state index contributed by atoms with van der Waals surface area (Å²) in [5, 5.41) is 26.0. The highest BCUT2D eigenvalue weighted by atomic mass is 35.5. The average Bonchev–Trinajstić information content (AvgIpc) is 3.31. The highest BCUT2D eigenvalue weighted by Gasteiger charge is 2.35. The third-order valence-electron chi connectivity index (χ3n) is 6.93. The maximum Gasteiger partial charge on any atom is 0.201 e. The van der Waals surface area contributed by atoms with Gasteiger partial charge >= 0.3 is 0 Å². The van der Waals surface area contributed by atoms with Crippen LogP contribution in [0.15, 0.2) is 66.2 Å². The molecule has 1 aliphatic carbocycles. The lowest BCUT2D eigenvalue weighted by atomic mass is 9.88. The zero-order valence-electron chi connectivity index (χ0n) is 20.1. The molecule has 2 aliphatic rings. The lowest BCUT2D eigenvalue weighted by Gasteiger charge is -2.18. The van der Waals surface area contributed by atoms with Crippen molar-refractivity contribution in [2.75, 3.05) is 0 Å². The third kappa shape index (κ3) is 4.86. The molecule has 0 N–H and O–H groups in total. The lowest BCUT2D eigenvalue weighted by Crippen LogP contribution is -2.35. The van der Waals surface area contributed by atoms with Gasteiger partial charge in [0.05, 0.1) is 11.6 Å². The Morgan fingerprint density at radius 1 is 1.11 bits per heavy atom. The van der Waals surface area contributed by atoms with Crippen LogP contribution < -0.4 is 4.73 Å². The summed E-state index contributed by atoms with van der Waals surface area (Å²) in [6.07, 6.45) is 8.88. The molecule has 37 heavy (non-hydrogen) atoms. The summed E-state index contributed by atoms with van der Waals surface area (Å²) in [6, 6.07) is 13.2. The predicted octanol–water partition coefficient (Wildman–Crippen LogP) is 5.74. The highest BCUT2D eigenvalue weighted by molar-refractivity contribution is 6.31. The highest BCUT2D eigenvalue weighted by Crippen LogP contribution is 2.42. The molecule has 0 amide bonds. The lowest BCUT2D eigenvalue weighted by molar-refractivity contribution is -0.614. The Balaban J connectivity index is 1.32. The fourth-order valence-electron chi connectivity index (χ4n) is 4.84. The van der Waals surface area contributed by atoms with Gasteiger partial charge in [-0.05, 0) is 71.7 Å². The Bertz CT molecular complexity index is 1540. The summed E-state index contributed by atoms with van der Waals surface area (Å²) in [4.78, 5) is 9.15.